The van der Waals surface area contributed by atoms with E-state index in [1.807, 2.05) is 0 Å². The molecule has 0 saturated heterocycles. The second kappa shape index (κ2) is 3.85. The van der Waals surface area contributed by atoms with Crippen LogP contribution < -0.4 is 18.9 Å². The van der Waals surface area contributed by atoms with E-state index in [4.69, 9.17) is 0 Å². The van der Waals surface area contributed by atoms with Crippen molar-refractivity contribution in [1.82, 2.24) is 0 Å². The molecule has 0 aliphatic carbocycles. The summed E-state index contributed by atoms with van der Waals surface area (Å²) in [5.74, 6) is 0. The summed E-state index contributed by atoms with van der Waals surface area (Å²) < 4.78 is 28.8. The predicted molar refractivity (Wildman–Crippen MR) is 24.9 cm³/mol. The summed E-state index contributed by atoms with van der Waals surface area (Å²) in [6.45, 7) is 2.80. The van der Waals surface area contributed by atoms with Crippen molar-refractivity contribution in [2.75, 3.05) is 0 Å². The van der Waals surface area contributed by atoms with Crippen LogP contribution in [0.1, 0.15) is 0 Å². The summed E-state index contributed by atoms with van der Waals surface area (Å²) >= 11 is 0. The standard InChI is InChI=1S/C3H4O4S.Li/c1-2-3(4)8(5,6)7;/h2H,1H2,(H,5,6,7);/q;+1/p-1. The first-order chi connectivity index (χ1) is 3.48. The van der Waals surface area contributed by atoms with E-state index >= 15 is 0 Å². The molecule has 46 valence electrons. The van der Waals surface area contributed by atoms with Crippen LogP contribution in [-0.2, 0) is 14.9 Å². The molecule has 0 bridgehead atoms. The number of carbonyl (C=O) groups excluding carboxylic acids is 1. The Morgan fingerprint density at radius 3 is 1.89 bits per heavy atom. The molecule has 0 rings (SSSR count). The quantitative estimate of drug-likeness (QED) is 0.214. The Hall–Kier alpha value is -0.0826. The second-order valence-corrected chi connectivity index (χ2v) is 2.29. The third kappa shape index (κ3) is 4.42. The maximum absolute atomic E-state index is 9.81. The minimum Gasteiger partial charge on any atom is -0.742 e. The molecule has 0 N–H and O–H groups in total. The molecule has 0 heterocycles. The molecule has 0 aromatic carbocycles. The molecule has 0 aliphatic heterocycles. The Kier molecular flexibility index (Phi) is 5.00. The molecule has 9 heavy (non-hydrogen) atoms. The molecular formula is C3H3LiO4S. The van der Waals surface area contributed by atoms with Gasteiger partial charge in [0.15, 0.2) is 10.1 Å². The van der Waals surface area contributed by atoms with Crippen molar-refractivity contribution in [1.29, 1.82) is 0 Å². The largest absolute Gasteiger partial charge is 1.00 e. The van der Waals surface area contributed by atoms with Crippen LogP contribution in [-0.4, -0.2) is 18.1 Å². The Morgan fingerprint density at radius 2 is 1.89 bits per heavy atom. The van der Waals surface area contributed by atoms with E-state index in [2.05, 4.69) is 6.58 Å². The molecule has 6 heteroatoms. The molecule has 0 radical (unpaired) electrons. The van der Waals surface area contributed by atoms with Crippen LogP contribution in [0.5, 0.6) is 0 Å². The van der Waals surface area contributed by atoms with Crippen molar-refractivity contribution in [3.05, 3.63) is 12.7 Å². The van der Waals surface area contributed by atoms with Gasteiger partial charge >= 0.3 is 18.9 Å². The molecule has 4 nitrogen and oxygen atoms in total. The molecule has 0 saturated carbocycles. The first-order valence-electron chi connectivity index (χ1n) is 1.61. The summed E-state index contributed by atoms with van der Waals surface area (Å²) in [6, 6.07) is 0. The SMILES string of the molecule is C=CC(=O)S(=O)(=O)[O-].[Li+]. The molecule has 0 unspecified atom stereocenters. The minimum absolute atomic E-state index is 0. The normalized spacial score (nSPS) is 9.44. The van der Waals surface area contributed by atoms with Gasteiger partial charge < -0.3 is 4.55 Å². The zero-order valence-electron chi connectivity index (χ0n) is 4.83. The van der Waals surface area contributed by atoms with Crippen LogP contribution >= 0.6 is 0 Å². The van der Waals surface area contributed by atoms with Gasteiger partial charge in [-0.25, -0.2) is 8.42 Å². The zero-order chi connectivity index (χ0) is 6.78. The monoisotopic (exact) mass is 142 g/mol. The van der Waals surface area contributed by atoms with Gasteiger partial charge in [0.25, 0.3) is 5.12 Å². The third-order valence-corrected chi connectivity index (χ3v) is 1.07. The van der Waals surface area contributed by atoms with Gasteiger partial charge in [0.1, 0.15) is 0 Å². The van der Waals surface area contributed by atoms with Gasteiger partial charge in [0, 0.05) is 0 Å². The van der Waals surface area contributed by atoms with Gasteiger partial charge in [0.05, 0.1) is 0 Å². The van der Waals surface area contributed by atoms with E-state index in [0.717, 1.165) is 0 Å². The van der Waals surface area contributed by atoms with Crippen molar-refractivity contribution in [2.45, 2.75) is 0 Å². The maximum atomic E-state index is 9.81. The number of hydrogen-bond donors (Lipinski definition) is 0. The van der Waals surface area contributed by atoms with Gasteiger partial charge in [-0.15, -0.1) is 0 Å². The summed E-state index contributed by atoms with van der Waals surface area (Å²) in [4.78, 5) is 9.81. The van der Waals surface area contributed by atoms with E-state index in [0.29, 0.717) is 6.08 Å². The van der Waals surface area contributed by atoms with E-state index in [9.17, 15) is 17.8 Å². The van der Waals surface area contributed by atoms with Crippen molar-refractivity contribution in [3.63, 3.8) is 0 Å². The molecule has 0 aromatic rings. The Bertz CT molecular complexity index is 204. The smallest absolute Gasteiger partial charge is 0.742 e. The summed E-state index contributed by atoms with van der Waals surface area (Å²) in [6.07, 6.45) is 0.461. The molecule has 0 aliphatic rings. The van der Waals surface area contributed by atoms with Gasteiger partial charge in [-0.2, -0.15) is 0 Å². The Morgan fingerprint density at radius 1 is 1.56 bits per heavy atom. The average Bonchev–Trinajstić information content (AvgIpc) is 1.62. The van der Waals surface area contributed by atoms with Crippen molar-refractivity contribution in [2.24, 2.45) is 0 Å². The Balaban J connectivity index is 0. The summed E-state index contributed by atoms with van der Waals surface area (Å²) in [7, 11) is -4.76. The Labute approximate surface area is 64.9 Å². The molecule has 0 atom stereocenters. The third-order valence-electron chi connectivity index (χ3n) is 0.413. The van der Waals surface area contributed by atoms with Crippen LogP contribution in [0.3, 0.4) is 0 Å². The number of hydrogen-bond acceptors (Lipinski definition) is 4. The van der Waals surface area contributed by atoms with Crippen molar-refractivity contribution < 1.29 is 36.6 Å². The van der Waals surface area contributed by atoms with Crippen LogP contribution in [0.2, 0.25) is 0 Å². The van der Waals surface area contributed by atoms with Gasteiger partial charge in [-0.1, -0.05) is 6.58 Å². The number of rotatable bonds is 1. The predicted octanol–water partition coefficient (Wildman–Crippen LogP) is -3.75. The van der Waals surface area contributed by atoms with Gasteiger partial charge in [-0.3, -0.25) is 4.79 Å². The first-order valence-corrected chi connectivity index (χ1v) is 3.01. The fraction of sp³-hybridized carbons (Fsp3) is 0. The zero-order valence-corrected chi connectivity index (χ0v) is 5.64. The number of carbonyl (C=O) groups is 1. The maximum Gasteiger partial charge on any atom is 1.00 e. The fourth-order valence-electron chi connectivity index (χ4n) is 0.102. The minimum atomic E-state index is -4.76. The summed E-state index contributed by atoms with van der Waals surface area (Å²) in [5, 5.41) is -1.49. The molecule has 0 aromatic heterocycles. The molecule has 0 spiro atoms. The average molecular weight is 142 g/mol. The molecular weight excluding hydrogens is 139 g/mol. The van der Waals surface area contributed by atoms with Crippen LogP contribution in [0.15, 0.2) is 12.7 Å². The molecule has 0 amide bonds. The summed E-state index contributed by atoms with van der Waals surface area (Å²) in [5.41, 5.74) is 0. The van der Waals surface area contributed by atoms with Crippen LogP contribution in [0.25, 0.3) is 0 Å². The fourth-order valence-corrected chi connectivity index (χ4v) is 0.306. The van der Waals surface area contributed by atoms with E-state index < -0.39 is 15.2 Å². The second-order valence-electron chi connectivity index (χ2n) is 0.977. The van der Waals surface area contributed by atoms with E-state index in [1.54, 1.807) is 0 Å². The first kappa shape index (κ1) is 11.7. The van der Waals surface area contributed by atoms with Gasteiger partial charge in [0.2, 0.25) is 0 Å². The van der Waals surface area contributed by atoms with E-state index in [1.165, 1.54) is 0 Å². The van der Waals surface area contributed by atoms with Crippen LogP contribution in [0, 0.1) is 0 Å². The molecule has 0 fully saturated rings. The van der Waals surface area contributed by atoms with E-state index in [-0.39, 0.29) is 18.9 Å². The van der Waals surface area contributed by atoms with Crippen molar-refractivity contribution in [3.8, 4) is 0 Å². The van der Waals surface area contributed by atoms with Gasteiger partial charge in [-0.05, 0) is 6.08 Å². The van der Waals surface area contributed by atoms with Crippen LogP contribution in [0.4, 0.5) is 0 Å². The topological polar surface area (TPSA) is 74.3 Å². The van der Waals surface area contributed by atoms with Crippen molar-refractivity contribution >= 4 is 15.2 Å².